The van der Waals surface area contributed by atoms with Crippen molar-refractivity contribution >= 4 is 21.5 Å². The molecule has 5 rings (SSSR count). The van der Waals surface area contributed by atoms with Crippen LogP contribution in [0.2, 0.25) is 0 Å². The monoisotopic (exact) mass is 463 g/mol. The Kier molecular flexibility index (Phi) is 5.17. The third-order valence-corrected chi connectivity index (χ3v) is 7.92. The molecule has 0 aliphatic carbocycles. The second-order valence-corrected chi connectivity index (χ2v) is 10.5. The van der Waals surface area contributed by atoms with Crippen LogP contribution in [0.25, 0.3) is 11.1 Å². The van der Waals surface area contributed by atoms with E-state index in [2.05, 4.69) is 0 Å². The predicted octanol–water partition coefficient (Wildman–Crippen LogP) is 3.71. The normalized spacial score (nSPS) is 22.2. The van der Waals surface area contributed by atoms with Crippen LogP contribution in [0.1, 0.15) is 28.6 Å². The highest BCUT2D eigenvalue weighted by Crippen LogP contribution is 2.42. The Balaban J connectivity index is 1.58. The summed E-state index contributed by atoms with van der Waals surface area (Å²) < 4.78 is 29.5. The molecule has 1 amide bonds. The highest BCUT2D eigenvalue weighted by atomic mass is 32.2. The summed E-state index contributed by atoms with van der Waals surface area (Å²) in [7, 11) is -3.30. The number of furan rings is 1. The van der Waals surface area contributed by atoms with Gasteiger partial charge in [-0.1, -0.05) is 54.6 Å². The molecule has 1 N–H and O–H groups in total. The topological polar surface area (TPSA) is 105 Å². The average Bonchev–Trinajstić information content (AvgIpc) is 3.53. The molecule has 2 aliphatic heterocycles. The smallest absolute Gasteiger partial charge is 0.290 e. The maximum Gasteiger partial charge on any atom is 0.290 e. The fourth-order valence-corrected chi connectivity index (χ4v) is 6.29. The zero-order chi connectivity index (χ0) is 23.2. The lowest BCUT2D eigenvalue weighted by molar-refractivity contribution is -0.131. The number of ketones is 1. The summed E-state index contributed by atoms with van der Waals surface area (Å²) in [5.74, 6) is -2.26. The van der Waals surface area contributed by atoms with Crippen molar-refractivity contribution in [1.82, 2.24) is 4.90 Å². The van der Waals surface area contributed by atoms with Crippen molar-refractivity contribution in [3.63, 3.8) is 0 Å². The lowest BCUT2D eigenvalue weighted by Gasteiger charge is -2.31. The van der Waals surface area contributed by atoms with Gasteiger partial charge < -0.3 is 14.4 Å². The van der Waals surface area contributed by atoms with Gasteiger partial charge in [0.25, 0.3) is 5.91 Å². The van der Waals surface area contributed by atoms with Gasteiger partial charge in [0.2, 0.25) is 5.78 Å². The van der Waals surface area contributed by atoms with Crippen molar-refractivity contribution in [2.75, 3.05) is 11.5 Å². The van der Waals surface area contributed by atoms with Crippen molar-refractivity contribution in [2.45, 2.75) is 18.5 Å². The van der Waals surface area contributed by atoms with Gasteiger partial charge >= 0.3 is 0 Å². The minimum absolute atomic E-state index is 0.00357. The molecule has 168 valence electrons. The third-order valence-electron chi connectivity index (χ3n) is 6.17. The van der Waals surface area contributed by atoms with Gasteiger partial charge in [0, 0.05) is 6.04 Å². The Bertz CT molecular complexity index is 1340. The largest absolute Gasteiger partial charge is 0.503 e. The molecule has 3 aromatic rings. The molecule has 2 aromatic carbocycles. The van der Waals surface area contributed by atoms with E-state index in [1.165, 1.54) is 17.2 Å². The molecule has 7 nitrogen and oxygen atoms in total. The summed E-state index contributed by atoms with van der Waals surface area (Å²) in [6.45, 7) is 0. The number of aliphatic hydroxyl groups excluding tert-OH is 1. The van der Waals surface area contributed by atoms with Crippen LogP contribution in [0.4, 0.5) is 0 Å². The van der Waals surface area contributed by atoms with E-state index in [0.29, 0.717) is 5.56 Å². The second-order valence-electron chi connectivity index (χ2n) is 8.23. The van der Waals surface area contributed by atoms with Crippen LogP contribution >= 0.6 is 0 Å². The predicted molar refractivity (Wildman–Crippen MR) is 121 cm³/mol. The van der Waals surface area contributed by atoms with Gasteiger partial charge in [0.15, 0.2) is 21.4 Å². The van der Waals surface area contributed by atoms with Gasteiger partial charge in [-0.25, -0.2) is 8.42 Å². The number of hydrogen-bond donors (Lipinski definition) is 1. The molecule has 33 heavy (non-hydrogen) atoms. The Labute approximate surface area is 190 Å². The number of hydrogen-bond acceptors (Lipinski definition) is 6. The summed E-state index contributed by atoms with van der Waals surface area (Å²) >= 11 is 0. The van der Waals surface area contributed by atoms with Crippen molar-refractivity contribution in [1.29, 1.82) is 0 Å². The molecule has 2 unspecified atom stereocenters. The molecule has 0 saturated carbocycles. The molecule has 0 spiro atoms. The van der Waals surface area contributed by atoms with Crippen LogP contribution in [-0.2, 0) is 14.6 Å². The van der Waals surface area contributed by atoms with Gasteiger partial charge in [0.05, 0.1) is 29.4 Å². The van der Waals surface area contributed by atoms with Crippen LogP contribution in [-0.4, -0.2) is 47.7 Å². The first kappa shape index (κ1) is 21.2. The molecule has 0 radical (unpaired) electrons. The number of rotatable bonds is 5. The first-order chi connectivity index (χ1) is 15.9. The summed E-state index contributed by atoms with van der Waals surface area (Å²) in [4.78, 5) is 27.7. The van der Waals surface area contributed by atoms with E-state index in [0.717, 1.165) is 11.1 Å². The Morgan fingerprint density at radius 2 is 1.67 bits per heavy atom. The standard InChI is InChI=1S/C25H21NO6S/c27-23(20-7-4-13-32-20)21-22(18-10-8-17(9-11-18)16-5-2-1-3-6-16)26(25(29)24(21)28)19-12-14-33(30,31)15-19/h1-11,13,19,22,28H,12,14-15H2. The van der Waals surface area contributed by atoms with Gasteiger partial charge in [-0.05, 0) is 35.2 Å². The van der Waals surface area contributed by atoms with E-state index in [1.54, 1.807) is 18.2 Å². The highest BCUT2D eigenvalue weighted by molar-refractivity contribution is 7.91. The fourth-order valence-electron chi connectivity index (χ4n) is 4.58. The molecule has 3 heterocycles. The molecule has 2 aliphatic rings. The lowest BCUT2D eigenvalue weighted by atomic mass is 9.93. The first-order valence-corrected chi connectivity index (χ1v) is 12.4. The number of amides is 1. The third kappa shape index (κ3) is 3.76. The van der Waals surface area contributed by atoms with Crippen molar-refractivity contribution in [3.05, 3.63) is 95.6 Å². The van der Waals surface area contributed by atoms with E-state index in [4.69, 9.17) is 4.42 Å². The first-order valence-electron chi connectivity index (χ1n) is 10.6. The number of nitrogens with zero attached hydrogens (tertiary/aromatic N) is 1. The summed E-state index contributed by atoms with van der Waals surface area (Å²) in [6.07, 6.45) is 1.59. The SMILES string of the molecule is O=C(C1=C(O)C(=O)N(C2CCS(=O)(=O)C2)C1c1ccc(-c2ccccc2)cc1)c1ccco1. The maximum atomic E-state index is 13.2. The van der Waals surface area contributed by atoms with E-state index in [-0.39, 0.29) is 29.3 Å². The van der Waals surface area contributed by atoms with E-state index in [9.17, 15) is 23.1 Å². The summed E-state index contributed by atoms with van der Waals surface area (Å²) in [5, 5.41) is 10.7. The van der Waals surface area contributed by atoms with Gasteiger partial charge in [0.1, 0.15) is 0 Å². The number of aliphatic hydroxyl groups is 1. The Morgan fingerprint density at radius 1 is 0.970 bits per heavy atom. The van der Waals surface area contributed by atoms with Crippen LogP contribution in [0.3, 0.4) is 0 Å². The minimum Gasteiger partial charge on any atom is -0.503 e. The summed E-state index contributed by atoms with van der Waals surface area (Å²) in [5.41, 5.74) is 2.46. The van der Waals surface area contributed by atoms with E-state index < -0.39 is 39.4 Å². The summed E-state index contributed by atoms with van der Waals surface area (Å²) in [6, 6.07) is 18.5. The minimum atomic E-state index is -3.30. The van der Waals surface area contributed by atoms with Crippen molar-refractivity contribution in [3.8, 4) is 11.1 Å². The second kappa shape index (κ2) is 8.04. The van der Waals surface area contributed by atoms with Crippen LogP contribution < -0.4 is 0 Å². The molecule has 1 fully saturated rings. The van der Waals surface area contributed by atoms with Crippen molar-refractivity contribution in [2.24, 2.45) is 0 Å². The maximum absolute atomic E-state index is 13.2. The van der Waals surface area contributed by atoms with Crippen LogP contribution in [0, 0.1) is 0 Å². The quantitative estimate of drug-likeness (QED) is 0.579. The molecule has 1 saturated heterocycles. The van der Waals surface area contributed by atoms with E-state index in [1.807, 2.05) is 42.5 Å². The molecular formula is C25H21NO6S. The molecular weight excluding hydrogens is 442 g/mol. The van der Waals surface area contributed by atoms with E-state index >= 15 is 0 Å². The van der Waals surface area contributed by atoms with Gasteiger partial charge in [-0.3, -0.25) is 9.59 Å². The lowest BCUT2D eigenvalue weighted by Crippen LogP contribution is -2.41. The molecule has 2 atom stereocenters. The number of Topliss-reactive ketones (excluding diaryl/α,β-unsaturated/α-hetero) is 1. The zero-order valence-electron chi connectivity index (χ0n) is 17.5. The molecule has 8 heteroatoms. The molecule has 0 bridgehead atoms. The van der Waals surface area contributed by atoms with Gasteiger partial charge in [-0.2, -0.15) is 0 Å². The zero-order valence-corrected chi connectivity index (χ0v) is 18.4. The molecule has 1 aromatic heterocycles. The fraction of sp³-hybridized carbons (Fsp3) is 0.200. The van der Waals surface area contributed by atoms with Crippen molar-refractivity contribution < 1.29 is 27.5 Å². The Hall–Kier alpha value is -3.65. The van der Waals surface area contributed by atoms with Gasteiger partial charge in [-0.15, -0.1) is 0 Å². The number of carbonyl (C=O) groups excluding carboxylic acids is 2. The number of sulfone groups is 1. The van der Waals surface area contributed by atoms with Crippen LogP contribution in [0.15, 0.2) is 88.7 Å². The highest BCUT2D eigenvalue weighted by Gasteiger charge is 2.49. The number of benzene rings is 2. The Morgan fingerprint density at radius 3 is 2.27 bits per heavy atom. The number of carbonyl (C=O) groups is 2. The van der Waals surface area contributed by atoms with Crippen LogP contribution in [0.5, 0.6) is 0 Å². The average molecular weight is 464 g/mol.